The zero-order chi connectivity index (χ0) is 10.7. The van der Waals surface area contributed by atoms with E-state index in [1.165, 1.54) is 0 Å². The Kier molecular flexibility index (Phi) is 2.28. The van der Waals surface area contributed by atoms with Gasteiger partial charge in [0.25, 0.3) is 5.91 Å². The fourth-order valence-electron chi connectivity index (χ4n) is 0.989. The van der Waals surface area contributed by atoms with E-state index in [4.69, 9.17) is 5.73 Å². The van der Waals surface area contributed by atoms with Gasteiger partial charge in [0.1, 0.15) is 5.82 Å². The Morgan fingerprint density at radius 3 is 2.93 bits per heavy atom. The van der Waals surface area contributed by atoms with E-state index >= 15 is 0 Å². The highest BCUT2D eigenvalue weighted by Gasteiger charge is 2.10. The van der Waals surface area contributed by atoms with Gasteiger partial charge >= 0.3 is 0 Å². The molecule has 0 aliphatic carbocycles. The van der Waals surface area contributed by atoms with Gasteiger partial charge in [-0.1, -0.05) is 6.07 Å². The number of hydrogen-bond acceptors (Lipinski definition) is 5. The molecule has 0 spiro atoms. The van der Waals surface area contributed by atoms with E-state index in [2.05, 4.69) is 25.5 Å². The molecule has 0 aromatic carbocycles. The Hall–Kier alpha value is -2.44. The molecule has 2 aromatic heterocycles. The first-order chi connectivity index (χ1) is 7.25. The van der Waals surface area contributed by atoms with Crippen LogP contribution in [0.1, 0.15) is 10.6 Å². The predicted octanol–water partition coefficient (Wildman–Crippen LogP) is 0.0342. The quantitative estimate of drug-likeness (QED) is 0.639. The van der Waals surface area contributed by atoms with E-state index in [9.17, 15) is 4.79 Å². The van der Waals surface area contributed by atoms with E-state index < -0.39 is 5.91 Å². The third-order valence-electron chi connectivity index (χ3n) is 1.62. The molecule has 0 bridgehead atoms. The second kappa shape index (κ2) is 3.74. The fraction of sp³-hybridized carbons (Fsp3) is 0. The van der Waals surface area contributed by atoms with Gasteiger partial charge in [0, 0.05) is 6.20 Å². The van der Waals surface area contributed by atoms with Crippen LogP contribution in [-0.2, 0) is 0 Å². The number of carbonyl (C=O) groups excluding carboxylic acids is 1. The van der Waals surface area contributed by atoms with Gasteiger partial charge in [0.2, 0.25) is 11.8 Å². The topological polar surface area (TPSA) is 110 Å². The molecule has 2 heterocycles. The third-order valence-corrected chi connectivity index (χ3v) is 1.62. The summed E-state index contributed by atoms with van der Waals surface area (Å²) in [7, 11) is 0. The monoisotopic (exact) mass is 204 g/mol. The van der Waals surface area contributed by atoms with Crippen molar-refractivity contribution in [2.75, 3.05) is 11.1 Å². The largest absolute Gasteiger partial charge is 0.366 e. The lowest BCUT2D eigenvalue weighted by Crippen LogP contribution is -2.14. The van der Waals surface area contributed by atoms with Gasteiger partial charge in [0.15, 0.2) is 0 Å². The molecule has 15 heavy (non-hydrogen) atoms. The van der Waals surface area contributed by atoms with Crippen molar-refractivity contribution >= 4 is 17.7 Å². The predicted molar refractivity (Wildman–Crippen MR) is 53.0 cm³/mol. The second-order valence-electron chi connectivity index (χ2n) is 2.71. The Morgan fingerprint density at radius 2 is 2.33 bits per heavy atom. The van der Waals surface area contributed by atoms with Crippen LogP contribution in [0.25, 0.3) is 0 Å². The molecule has 7 nitrogen and oxygen atoms in total. The SMILES string of the molecule is Nc1n[nH]c(C(=O)Nc2ccccn2)n1. The number of anilines is 2. The van der Waals surface area contributed by atoms with Crippen LogP contribution in [0.5, 0.6) is 0 Å². The highest BCUT2D eigenvalue weighted by molar-refractivity contribution is 6.00. The number of nitrogens with zero attached hydrogens (tertiary/aromatic N) is 3. The summed E-state index contributed by atoms with van der Waals surface area (Å²) in [6.07, 6.45) is 1.57. The van der Waals surface area contributed by atoms with Crippen LogP contribution in [0.3, 0.4) is 0 Å². The Bertz CT molecular complexity index is 465. The number of rotatable bonds is 2. The first-order valence-electron chi connectivity index (χ1n) is 4.16. The maximum absolute atomic E-state index is 11.5. The van der Waals surface area contributed by atoms with Crippen LogP contribution in [0.2, 0.25) is 0 Å². The molecular weight excluding hydrogens is 196 g/mol. The number of H-pyrrole nitrogens is 1. The molecule has 0 aliphatic heterocycles. The molecular formula is C8H8N6O. The number of aromatic nitrogens is 4. The molecule has 0 saturated carbocycles. The fourth-order valence-corrected chi connectivity index (χ4v) is 0.989. The molecule has 76 valence electrons. The van der Waals surface area contributed by atoms with Gasteiger partial charge < -0.3 is 11.1 Å². The van der Waals surface area contributed by atoms with Gasteiger partial charge in [-0.15, -0.1) is 5.10 Å². The van der Waals surface area contributed by atoms with Crippen molar-refractivity contribution in [1.29, 1.82) is 0 Å². The first kappa shape index (κ1) is 9.13. The molecule has 0 aliphatic rings. The van der Waals surface area contributed by atoms with Gasteiger partial charge in [-0.3, -0.25) is 9.89 Å². The van der Waals surface area contributed by atoms with Crippen molar-refractivity contribution in [3.8, 4) is 0 Å². The number of nitrogens with two attached hydrogens (primary N) is 1. The van der Waals surface area contributed by atoms with Gasteiger partial charge in [0.05, 0.1) is 0 Å². The third kappa shape index (κ3) is 2.08. The summed E-state index contributed by atoms with van der Waals surface area (Å²) in [5.74, 6) is 0.0923. The van der Waals surface area contributed by atoms with E-state index in [1.54, 1.807) is 24.4 Å². The Balaban J connectivity index is 2.11. The summed E-state index contributed by atoms with van der Waals surface area (Å²) in [6, 6.07) is 5.18. The normalized spacial score (nSPS) is 9.87. The smallest absolute Gasteiger partial charge is 0.294 e. The molecule has 7 heteroatoms. The summed E-state index contributed by atoms with van der Waals surface area (Å²) in [5, 5.41) is 8.47. The zero-order valence-corrected chi connectivity index (χ0v) is 7.64. The van der Waals surface area contributed by atoms with Crippen LogP contribution < -0.4 is 11.1 Å². The summed E-state index contributed by atoms with van der Waals surface area (Å²) in [6.45, 7) is 0. The maximum atomic E-state index is 11.5. The molecule has 2 rings (SSSR count). The number of nitrogens with one attached hydrogen (secondary N) is 2. The lowest BCUT2D eigenvalue weighted by atomic mass is 10.4. The maximum Gasteiger partial charge on any atom is 0.294 e. The van der Waals surface area contributed by atoms with Crippen molar-refractivity contribution < 1.29 is 4.79 Å². The van der Waals surface area contributed by atoms with Gasteiger partial charge in [-0.05, 0) is 12.1 Å². The minimum Gasteiger partial charge on any atom is -0.366 e. The second-order valence-corrected chi connectivity index (χ2v) is 2.71. The Labute approximate surface area is 84.7 Å². The van der Waals surface area contributed by atoms with E-state index in [0.29, 0.717) is 5.82 Å². The lowest BCUT2D eigenvalue weighted by Gasteiger charge is -1.99. The van der Waals surface area contributed by atoms with Crippen molar-refractivity contribution in [3.63, 3.8) is 0 Å². The van der Waals surface area contributed by atoms with Crippen LogP contribution in [0.4, 0.5) is 11.8 Å². The highest BCUT2D eigenvalue weighted by Crippen LogP contribution is 2.02. The number of aromatic amines is 1. The molecule has 0 radical (unpaired) electrons. The van der Waals surface area contributed by atoms with Crippen LogP contribution in [0, 0.1) is 0 Å². The minimum absolute atomic E-state index is 0.0289. The standard InChI is InChI=1S/C8H8N6O/c9-8-12-6(13-14-8)7(15)11-5-3-1-2-4-10-5/h1-4H,(H,10,11,15)(H3,9,12,13,14). The first-order valence-corrected chi connectivity index (χ1v) is 4.16. The summed E-state index contributed by atoms with van der Waals surface area (Å²) < 4.78 is 0. The van der Waals surface area contributed by atoms with Crippen molar-refractivity contribution in [2.24, 2.45) is 0 Å². The number of nitrogen functional groups attached to an aromatic ring is 1. The molecule has 0 fully saturated rings. The van der Waals surface area contributed by atoms with Crippen LogP contribution in [-0.4, -0.2) is 26.1 Å². The van der Waals surface area contributed by atoms with E-state index in [0.717, 1.165) is 0 Å². The van der Waals surface area contributed by atoms with Gasteiger partial charge in [-0.2, -0.15) is 4.98 Å². The molecule has 0 unspecified atom stereocenters. The minimum atomic E-state index is -0.432. The van der Waals surface area contributed by atoms with E-state index in [-0.39, 0.29) is 11.8 Å². The molecule has 0 atom stereocenters. The molecule has 2 aromatic rings. The number of carbonyl (C=O) groups is 1. The average molecular weight is 204 g/mol. The zero-order valence-electron chi connectivity index (χ0n) is 7.64. The van der Waals surface area contributed by atoms with Gasteiger partial charge in [-0.25, -0.2) is 4.98 Å². The number of pyridine rings is 1. The molecule has 1 amide bonds. The average Bonchev–Trinajstić information content (AvgIpc) is 2.66. The van der Waals surface area contributed by atoms with Crippen molar-refractivity contribution in [3.05, 3.63) is 30.2 Å². The summed E-state index contributed by atoms with van der Waals surface area (Å²) in [5.41, 5.74) is 5.26. The molecule has 0 saturated heterocycles. The van der Waals surface area contributed by atoms with Crippen LogP contribution >= 0.6 is 0 Å². The summed E-state index contributed by atoms with van der Waals surface area (Å²) >= 11 is 0. The molecule has 4 N–H and O–H groups in total. The summed E-state index contributed by atoms with van der Waals surface area (Å²) in [4.78, 5) is 19.1. The number of hydrogen-bond donors (Lipinski definition) is 3. The lowest BCUT2D eigenvalue weighted by molar-refractivity contribution is 0.101. The van der Waals surface area contributed by atoms with Crippen LogP contribution in [0.15, 0.2) is 24.4 Å². The highest BCUT2D eigenvalue weighted by atomic mass is 16.2. The van der Waals surface area contributed by atoms with Crippen molar-refractivity contribution in [2.45, 2.75) is 0 Å². The Morgan fingerprint density at radius 1 is 1.47 bits per heavy atom. The van der Waals surface area contributed by atoms with Crippen molar-refractivity contribution in [1.82, 2.24) is 20.2 Å². The number of amides is 1. The van der Waals surface area contributed by atoms with E-state index in [1.807, 2.05) is 0 Å².